The molecule has 0 unspecified atom stereocenters. The van der Waals surface area contributed by atoms with E-state index < -0.39 is 0 Å². The molecular weight excluding hydrogens is 320 g/mol. The fourth-order valence-corrected chi connectivity index (χ4v) is 2.73. The molecule has 1 aromatic carbocycles. The second-order valence-corrected chi connectivity index (χ2v) is 5.76. The quantitative estimate of drug-likeness (QED) is 0.758. The largest absolute Gasteiger partial charge is 0.342 e. The molecule has 25 heavy (non-hydrogen) atoms. The lowest BCUT2D eigenvalue weighted by atomic mass is 10.1. The molecule has 0 aliphatic heterocycles. The third-order valence-corrected chi connectivity index (χ3v) is 4.15. The molecule has 8 heteroatoms. The van der Waals surface area contributed by atoms with Crippen molar-refractivity contribution in [2.45, 2.75) is 32.9 Å². The first-order valence-corrected chi connectivity index (χ1v) is 8.19. The summed E-state index contributed by atoms with van der Waals surface area (Å²) in [6.45, 7) is 4.64. The van der Waals surface area contributed by atoms with Gasteiger partial charge in [-0.2, -0.15) is 5.10 Å². The van der Waals surface area contributed by atoms with E-state index in [1.54, 1.807) is 29.9 Å². The number of amides is 1. The Labute approximate surface area is 144 Å². The summed E-state index contributed by atoms with van der Waals surface area (Å²) in [7, 11) is 1.64. The summed E-state index contributed by atoms with van der Waals surface area (Å²) in [6.07, 6.45) is 3.63. The van der Waals surface area contributed by atoms with Crippen LogP contribution in [0.3, 0.4) is 0 Å². The molecule has 0 bridgehead atoms. The van der Waals surface area contributed by atoms with E-state index in [1.807, 2.05) is 13.8 Å². The lowest BCUT2D eigenvalue weighted by Gasteiger charge is -2.17. The van der Waals surface area contributed by atoms with Crippen LogP contribution in [0, 0.1) is 0 Å². The van der Waals surface area contributed by atoms with Gasteiger partial charge in [-0.05, 0) is 31.5 Å². The van der Waals surface area contributed by atoms with Crippen LogP contribution in [-0.2, 0) is 13.6 Å². The number of aryl methyl sites for hydroxylation is 2. The van der Waals surface area contributed by atoms with E-state index >= 15 is 0 Å². The fourth-order valence-electron chi connectivity index (χ4n) is 2.73. The average molecular weight is 340 g/mol. The molecule has 1 amide bonds. The normalized spacial score (nSPS) is 12.3. The first-order chi connectivity index (χ1) is 12.0. The van der Waals surface area contributed by atoms with Crippen molar-refractivity contribution in [1.29, 1.82) is 0 Å². The second-order valence-electron chi connectivity index (χ2n) is 5.76. The van der Waals surface area contributed by atoms with E-state index in [-0.39, 0.29) is 17.5 Å². The molecule has 2 aromatic heterocycles. The Morgan fingerprint density at radius 3 is 2.80 bits per heavy atom. The minimum atomic E-state index is -0.234. The summed E-state index contributed by atoms with van der Waals surface area (Å²) >= 11 is 0. The van der Waals surface area contributed by atoms with Gasteiger partial charge in [-0.1, -0.05) is 6.92 Å². The highest BCUT2D eigenvalue weighted by Crippen LogP contribution is 2.16. The molecule has 130 valence electrons. The van der Waals surface area contributed by atoms with E-state index in [0.717, 1.165) is 5.82 Å². The molecule has 0 aliphatic rings. The maximum Gasteiger partial charge on any atom is 0.260 e. The van der Waals surface area contributed by atoms with Crippen molar-refractivity contribution in [1.82, 2.24) is 29.6 Å². The van der Waals surface area contributed by atoms with Crippen LogP contribution in [-0.4, -0.2) is 30.2 Å². The summed E-state index contributed by atoms with van der Waals surface area (Å²) < 4.78 is 3.17. The number of benzene rings is 1. The van der Waals surface area contributed by atoms with Gasteiger partial charge in [-0.15, -0.1) is 0 Å². The lowest BCUT2D eigenvalue weighted by molar-refractivity contribution is 0.0933. The first kappa shape index (κ1) is 16.8. The molecular formula is C17H20N6O2. The van der Waals surface area contributed by atoms with Gasteiger partial charge in [0, 0.05) is 19.2 Å². The number of nitrogens with one attached hydrogen (secondary N) is 1. The number of nitrogens with zero attached hydrogens (tertiary/aromatic N) is 5. The highest BCUT2D eigenvalue weighted by atomic mass is 16.1. The maximum absolute atomic E-state index is 12.6. The van der Waals surface area contributed by atoms with Crippen molar-refractivity contribution in [2.75, 3.05) is 0 Å². The predicted molar refractivity (Wildman–Crippen MR) is 93.2 cm³/mol. The van der Waals surface area contributed by atoms with Crippen molar-refractivity contribution < 1.29 is 4.79 Å². The third kappa shape index (κ3) is 3.15. The van der Waals surface area contributed by atoms with Gasteiger partial charge < -0.3 is 9.88 Å². The number of hydrogen-bond acceptors (Lipinski definition) is 5. The number of carbonyl (C=O) groups excluding carboxylic acids is 1. The van der Waals surface area contributed by atoms with Crippen LogP contribution in [0.25, 0.3) is 10.9 Å². The van der Waals surface area contributed by atoms with Crippen molar-refractivity contribution in [3.05, 3.63) is 52.6 Å². The zero-order valence-electron chi connectivity index (χ0n) is 14.4. The van der Waals surface area contributed by atoms with Crippen LogP contribution >= 0.6 is 0 Å². The van der Waals surface area contributed by atoms with Crippen LogP contribution in [0.2, 0.25) is 0 Å². The number of hydrogen-bond donors (Lipinski definition) is 1. The standard InChI is InChI=1S/C17H20N6O2/c1-4-13(15-18-9-20-23(15)5-2)21-16(24)11-6-7-12-14(8-11)19-10-22(3)17(12)25/h6-10,13H,4-5H2,1-3H3,(H,21,24)/t13-/m1/s1. The van der Waals surface area contributed by atoms with E-state index in [0.29, 0.717) is 29.4 Å². The summed E-state index contributed by atoms with van der Waals surface area (Å²) in [6, 6.07) is 4.67. The van der Waals surface area contributed by atoms with Gasteiger partial charge in [0.2, 0.25) is 0 Å². The topological polar surface area (TPSA) is 94.7 Å². The Hall–Kier alpha value is -3.03. The smallest absolute Gasteiger partial charge is 0.260 e. The van der Waals surface area contributed by atoms with Crippen molar-refractivity contribution in [3.63, 3.8) is 0 Å². The van der Waals surface area contributed by atoms with Gasteiger partial charge in [0.05, 0.1) is 23.3 Å². The molecule has 1 atom stereocenters. The highest BCUT2D eigenvalue weighted by molar-refractivity contribution is 5.97. The first-order valence-electron chi connectivity index (χ1n) is 8.19. The van der Waals surface area contributed by atoms with Crippen LogP contribution in [0.5, 0.6) is 0 Å². The zero-order chi connectivity index (χ0) is 18.0. The molecule has 0 saturated carbocycles. The van der Waals surface area contributed by atoms with Crippen molar-refractivity contribution in [3.8, 4) is 0 Å². The third-order valence-electron chi connectivity index (χ3n) is 4.15. The van der Waals surface area contributed by atoms with Crippen LogP contribution in [0.15, 0.2) is 35.6 Å². The molecule has 0 aliphatic carbocycles. The number of aromatic nitrogens is 5. The van der Waals surface area contributed by atoms with Crippen molar-refractivity contribution >= 4 is 16.8 Å². The van der Waals surface area contributed by atoms with Gasteiger partial charge in [-0.3, -0.25) is 9.59 Å². The van der Waals surface area contributed by atoms with Gasteiger partial charge in [0.25, 0.3) is 11.5 Å². The highest BCUT2D eigenvalue weighted by Gasteiger charge is 2.19. The minimum absolute atomic E-state index is 0.139. The Morgan fingerprint density at radius 2 is 2.08 bits per heavy atom. The average Bonchev–Trinajstić information content (AvgIpc) is 3.10. The van der Waals surface area contributed by atoms with Gasteiger partial charge in [0.15, 0.2) is 0 Å². The summed E-state index contributed by atoms with van der Waals surface area (Å²) in [4.78, 5) is 33.2. The molecule has 1 N–H and O–H groups in total. The molecule has 8 nitrogen and oxygen atoms in total. The Bertz CT molecular complexity index is 975. The van der Waals surface area contributed by atoms with Crippen LogP contribution in [0.1, 0.15) is 42.5 Å². The summed E-state index contributed by atoms with van der Waals surface area (Å²) in [5.74, 6) is 0.494. The molecule has 0 fully saturated rings. The zero-order valence-corrected chi connectivity index (χ0v) is 14.4. The molecule has 0 saturated heterocycles. The van der Waals surface area contributed by atoms with E-state index in [9.17, 15) is 9.59 Å². The monoisotopic (exact) mass is 340 g/mol. The Kier molecular flexibility index (Phi) is 4.60. The van der Waals surface area contributed by atoms with Gasteiger partial charge in [-0.25, -0.2) is 14.6 Å². The Morgan fingerprint density at radius 1 is 1.28 bits per heavy atom. The number of rotatable bonds is 5. The van der Waals surface area contributed by atoms with E-state index in [2.05, 4.69) is 20.4 Å². The number of fused-ring (bicyclic) bond motifs is 1. The fraction of sp³-hybridized carbons (Fsp3) is 0.353. The molecule has 3 aromatic rings. The maximum atomic E-state index is 12.6. The van der Waals surface area contributed by atoms with Gasteiger partial charge in [0.1, 0.15) is 12.2 Å². The molecule has 2 heterocycles. The van der Waals surface area contributed by atoms with E-state index in [4.69, 9.17) is 0 Å². The lowest BCUT2D eigenvalue weighted by Crippen LogP contribution is -2.30. The summed E-state index contributed by atoms with van der Waals surface area (Å²) in [5, 5.41) is 7.61. The van der Waals surface area contributed by atoms with Crippen LogP contribution in [0.4, 0.5) is 0 Å². The molecule has 0 radical (unpaired) electrons. The Balaban J connectivity index is 1.89. The summed E-state index contributed by atoms with van der Waals surface area (Å²) in [5.41, 5.74) is 0.814. The van der Waals surface area contributed by atoms with Crippen LogP contribution < -0.4 is 10.9 Å². The minimum Gasteiger partial charge on any atom is -0.342 e. The SMILES string of the molecule is CC[C@@H](NC(=O)c1ccc2c(=O)n(C)cnc2c1)c1ncnn1CC. The predicted octanol–water partition coefficient (Wildman–Crippen LogP) is 1.43. The van der Waals surface area contributed by atoms with E-state index in [1.165, 1.54) is 17.2 Å². The molecule has 3 rings (SSSR count). The van der Waals surface area contributed by atoms with Gasteiger partial charge >= 0.3 is 0 Å². The molecule has 0 spiro atoms. The second kappa shape index (κ2) is 6.84. The number of carbonyl (C=O) groups is 1. The van der Waals surface area contributed by atoms with Crippen molar-refractivity contribution in [2.24, 2.45) is 7.05 Å².